The minimum absolute atomic E-state index is 0.129. The molecule has 1 fully saturated rings. The lowest BCUT2D eigenvalue weighted by Crippen LogP contribution is -2.31. The smallest absolute Gasteiger partial charge is 0.0963 e. The third-order valence-corrected chi connectivity index (χ3v) is 5.30. The average molecular weight is 296 g/mol. The van der Waals surface area contributed by atoms with Gasteiger partial charge in [0, 0.05) is 5.41 Å². The fraction of sp³-hybridized carbons (Fsp3) is 0.944. The van der Waals surface area contributed by atoms with Crippen LogP contribution in [-0.2, 0) is 0 Å². The van der Waals surface area contributed by atoms with Gasteiger partial charge in [-0.1, -0.05) is 41.0 Å². The number of nitrogens with two attached hydrogens (primary N) is 1. The van der Waals surface area contributed by atoms with Crippen LogP contribution in [0.3, 0.4) is 0 Å². The molecular formula is C18H37N3. The first-order valence-corrected chi connectivity index (χ1v) is 8.70. The molecule has 1 unspecified atom stereocenters. The van der Waals surface area contributed by atoms with Crippen LogP contribution >= 0.6 is 0 Å². The summed E-state index contributed by atoms with van der Waals surface area (Å²) in [6.07, 6.45) is 7.52. The molecular weight excluding hydrogens is 258 g/mol. The second kappa shape index (κ2) is 7.62. The van der Waals surface area contributed by atoms with E-state index in [1.165, 1.54) is 51.7 Å². The molecule has 3 nitrogen and oxygen atoms in total. The van der Waals surface area contributed by atoms with Crippen LogP contribution in [0, 0.1) is 22.2 Å². The normalized spacial score (nSPS) is 22.0. The summed E-state index contributed by atoms with van der Waals surface area (Å²) in [6.45, 7) is 15.1. The van der Waals surface area contributed by atoms with Gasteiger partial charge in [-0.15, -0.1) is 0 Å². The van der Waals surface area contributed by atoms with Gasteiger partial charge in [0.2, 0.25) is 0 Å². The van der Waals surface area contributed by atoms with Crippen molar-refractivity contribution in [2.45, 2.75) is 73.1 Å². The van der Waals surface area contributed by atoms with Crippen molar-refractivity contribution >= 4 is 5.84 Å². The third-order valence-electron chi connectivity index (χ3n) is 5.30. The molecule has 0 saturated carbocycles. The van der Waals surface area contributed by atoms with Crippen molar-refractivity contribution in [2.24, 2.45) is 22.5 Å². The van der Waals surface area contributed by atoms with Crippen molar-refractivity contribution in [3.05, 3.63) is 0 Å². The fourth-order valence-corrected chi connectivity index (χ4v) is 3.28. The number of nitrogens with one attached hydrogen (secondary N) is 1. The summed E-state index contributed by atoms with van der Waals surface area (Å²) in [5.74, 6) is 1.20. The molecule has 1 aliphatic rings. The summed E-state index contributed by atoms with van der Waals surface area (Å²) in [5.41, 5.74) is 5.98. The van der Waals surface area contributed by atoms with Crippen molar-refractivity contribution in [1.82, 2.24) is 4.90 Å². The van der Waals surface area contributed by atoms with Crippen LogP contribution in [0.2, 0.25) is 0 Å². The molecule has 0 aromatic rings. The fourth-order valence-electron chi connectivity index (χ4n) is 3.28. The summed E-state index contributed by atoms with van der Waals surface area (Å²) in [6, 6.07) is 0. The number of hydrogen-bond acceptors (Lipinski definition) is 2. The molecule has 124 valence electrons. The Balaban J connectivity index is 2.26. The number of likely N-dealkylation sites (tertiary alicyclic amines) is 1. The SMILES string of the molecule is CC(C)(CCCCN1CCCC(C(C)(C)C)CC1)C(=N)N. The highest BCUT2D eigenvalue weighted by Gasteiger charge is 2.27. The van der Waals surface area contributed by atoms with Gasteiger partial charge >= 0.3 is 0 Å². The quantitative estimate of drug-likeness (QED) is 0.437. The molecule has 1 aliphatic heterocycles. The average Bonchev–Trinajstić information content (AvgIpc) is 2.59. The van der Waals surface area contributed by atoms with Crippen LogP contribution in [0.25, 0.3) is 0 Å². The van der Waals surface area contributed by atoms with E-state index in [4.69, 9.17) is 11.1 Å². The molecule has 0 spiro atoms. The van der Waals surface area contributed by atoms with Crippen LogP contribution < -0.4 is 5.73 Å². The molecule has 0 radical (unpaired) electrons. The zero-order valence-electron chi connectivity index (χ0n) is 15.0. The standard InChI is InChI=1S/C18H37N3/c1-17(2,3)15-9-8-13-21(14-10-15)12-7-6-11-18(4,5)16(19)20/h15H,6-14H2,1-5H3,(H3,19,20). The van der Waals surface area contributed by atoms with Crippen molar-refractivity contribution < 1.29 is 0 Å². The van der Waals surface area contributed by atoms with Gasteiger partial charge in [-0.25, -0.2) is 0 Å². The van der Waals surface area contributed by atoms with E-state index >= 15 is 0 Å². The topological polar surface area (TPSA) is 53.1 Å². The zero-order valence-corrected chi connectivity index (χ0v) is 15.0. The Kier molecular flexibility index (Phi) is 6.71. The number of nitrogens with zero attached hydrogens (tertiary/aromatic N) is 1. The lowest BCUT2D eigenvalue weighted by molar-refractivity contribution is 0.207. The van der Waals surface area contributed by atoms with Gasteiger partial charge in [-0.3, -0.25) is 5.41 Å². The summed E-state index contributed by atoms with van der Waals surface area (Å²) < 4.78 is 0. The maximum absolute atomic E-state index is 7.61. The van der Waals surface area contributed by atoms with Crippen LogP contribution in [0.4, 0.5) is 0 Å². The second-order valence-electron chi connectivity index (χ2n) is 8.59. The third kappa shape index (κ3) is 6.37. The Hall–Kier alpha value is -0.570. The minimum Gasteiger partial charge on any atom is -0.387 e. The van der Waals surface area contributed by atoms with E-state index in [0.29, 0.717) is 11.3 Å². The van der Waals surface area contributed by atoms with Crippen molar-refractivity contribution in [1.29, 1.82) is 5.41 Å². The Bertz CT molecular complexity index is 328. The highest BCUT2D eigenvalue weighted by molar-refractivity contribution is 5.82. The summed E-state index contributed by atoms with van der Waals surface area (Å²) in [5, 5.41) is 7.61. The van der Waals surface area contributed by atoms with Gasteiger partial charge in [0.05, 0.1) is 5.84 Å². The predicted octanol–water partition coefficient (Wildman–Crippen LogP) is 4.27. The van der Waals surface area contributed by atoms with Crippen LogP contribution in [0.15, 0.2) is 0 Å². The van der Waals surface area contributed by atoms with E-state index in [9.17, 15) is 0 Å². The van der Waals surface area contributed by atoms with Gasteiger partial charge < -0.3 is 10.6 Å². The van der Waals surface area contributed by atoms with Gasteiger partial charge in [0.25, 0.3) is 0 Å². The van der Waals surface area contributed by atoms with Crippen LogP contribution in [0.1, 0.15) is 73.1 Å². The first-order chi connectivity index (χ1) is 9.63. The minimum atomic E-state index is -0.129. The highest BCUT2D eigenvalue weighted by atomic mass is 15.1. The summed E-state index contributed by atoms with van der Waals surface area (Å²) >= 11 is 0. The van der Waals surface area contributed by atoms with Gasteiger partial charge in [-0.05, 0) is 63.1 Å². The Labute approximate surface area is 132 Å². The molecule has 1 atom stereocenters. The molecule has 0 aromatic carbocycles. The molecule has 1 rings (SSSR count). The Morgan fingerprint density at radius 1 is 1.10 bits per heavy atom. The van der Waals surface area contributed by atoms with E-state index in [1.807, 2.05) is 0 Å². The Morgan fingerprint density at radius 3 is 2.33 bits per heavy atom. The molecule has 0 bridgehead atoms. The van der Waals surface area contributed by atoms with Crippen molar-refractivity contribution in [3.8, 4) is 0 Å². The first-order valence-electron chi connectivity index (χ1n) is 8.70. The van der Waals surface area contributed by atoms with Crippen LogP contribution in [0.5, 0.6) is 0 Å². The van der Waals surface area contributed by atoms with E-state index in [0.717, 1.165) is 12.3 Å². The molecule has 1 saturated heterocycles. The highest BCUT2D eigenvalue weighted by Crippen LogP contribution is 2.34. The molecule has 3 heteroatoms. The second-order valence-corrected chi connectivity index (χ2v) is 8.59. The van der Waals surface area contributed by atoms with Gasteiger partial charge in [0.1, 0.15) is 0 Å². The lowest BCUT2D eigenvalue weighted by atomic mass is 9.77. The van der Waals surface area contributed by atoms with Gasteiger partial charge in [-0.2, -0.15) is 0 Å². The predicted molar refractivity (Wildman–Crippen MR) is 92.8 cm³/mol. The molecule has 21 heavy (non-hydrogen) atoms. The summed E-state index contributed by atoms with van der Waals surface area (Å²) in [7, 11) is 0. The molecule has 0 aromatic heterocycles. The van der Waals surface area contributed by atoms with Crippen LogP contribution in [-0.4, -0.2) is 30.4 Å². The molecule has 0 amide bonds. The monoisotopic (exact) mass is 295 g/mol. The zero-order chi connectivity index (χ0) is 16.1. The first kappa shape index (κ1) is 18.5. The number of amidine groups is 1. The molecule has 0 aliphatic carbocycles. The maximum Gasteiger partial charge on any atom is 0.0963 e. The van der Waals surface area contributed by atoms with Crippen molar-refractivity contribution in [3.63, 3.8) is 0 Å². The van der Waals surface area contributed by atoms with Gasteiger partial charge in [0.15, 0.2) is 0 Å². The van der Waals surface area contributed by atoms with E-state index < -0.39 is 0 Å². The number of unbranched alkanes of at least 4 members (excludes halogenated alkanes) is 1. The Morgan fingerprint density at radius 2 is 1.76 bits per heavy atom. The van der Waals surface area contributed by atoms with Crippen molar-refractivity contribution in [2.75, 3.05) is 19.6 Å². The number of rotatable bonds is 6. The van der Waals surface area contributed by atoms with E-state index in [1.54, 1.807) is 0 Å². The van der Waals surface area contributed by atoms with E-state index in [2.05, 4.69) is 39.5 Å². The molecule has 1 heterocycles. The lowest BCUT2D eigenvalue weighted by Gasteiger charge is -2.30. The summed E-state index contributed by atoms with van der Waals surface area (Å²) in [4.78, 5) is 2.65. The number of hydrogen-bond donors (Lipinski definition) is 2. The maximum atomic E-state index is 7.61. The largest absolute Gasteiger partial charge is 0.387 e. The van der Waals surface area contributed by atoms with E-state index in [-0.39, 0.29) is 5.41 Å². The molecule has 3 N–H and O–H groups in total.